The molecule has 0 saturated carbocycles. The van der Waals surface area contributed by atoms with Gasteiger partial charge in [-0.15, -0.1) is 0 Å². The molecule has 2 rings (SSSR count). The molecule has 0 radical (unpaired) electrons. The highest BCUT2D eigenvalue weighted by Crippen LogP contribution is 2.31. The molecule has 0 heterocycles. The second-order valence-corrected chi connectivity index (χ2v) is 6.34. The molecule has 25 heavy (non-hydrogen) atoms. The molecular weight excluding hydrogens is 363 g/mol. The van der Waals surface area contributed by atoms with Crippen LogP contribution in [0.1, 0.15) is 22.8 Å². The smallest absolute Gasteiger partial charge is 0.251 e. The highest BCUT2D eigenvalue weighted by Gasteiger charge is 2.18. The van der Waals surface area contributed by atoms with Crippen molar-refractivity contribution in [2.24, 2.45) is 0 Å². The van der Waals surface area contributed by atoms with Crippen LogP contribution in [0, 0.1) is 6.92 Å². The van der Waals surface area contributed by atoms with Gasteiger partial charge in [0.05, 0.1) is 12.8 Å². The van der Waals surface area contributed by atoms with Gasteiger partial charge in [-0.1, -0.05) is 23.2 Å². The number of hydrogen-bond acceptors (Lipinski definition) is 3. The molecule has 132 valence electrons. The summed E-state index contributed by atoms with van der Waals surface area (Å²) in [6.45, 7) is 3.42. The molecular formula is C18H18Cl2N2O3. The van der Waals surface area contributed by atoms with Crippen LogP contribution in [0.4, 0.5) is 5.69 Å². The first-order valence-corrected chi connectivity index (χ1v) is 8.29. The summed E-state index contributed by atoms with van der Waals surface area (Å²) in [5.74, 6) is -0.291. The summed E-state index contributed by atoms with van der Waals surface area (Å²) in [4.78, 5) is 24.5. The van der Waals surface area contributed by atoms with Crippen LogP contribution in [0.15, 0.2) is 36.4 Å². The zero-order chi connectivity index (χ0) is 18.6. The Morgan fingerprint density at radius 2 is 1.76 bits per heavy atom. The summed E-state index contributed by atoms with van der Waals surface area (Å²) in [6, 6.07) is 9.01. The van der Waals surface area contributed by atoms with Crippen molar-refractivity contribution in [2.45, 2.75) is 19.9 Å². The summed E-state index contributed by atoms with van der Waals surface area (Å²) in [5.41, 5.74) is 1.71. The van der Waals surface area contributed by atoms with Crippen LogP contribution >= 0.6 is 23.2 Å². The highest BCUT2D eigenvalue weighted by atomic mass is 35.5. The van der Waals surface area contributed by atoms with Crippen molar-refractivity contribution in [2.75, 3.05) is 12.4 Å². The minimum atomic E-state index is -0.746. The van der Waals surface area contributed by atoms with Crippen molar-refractivity contribution in [3.05, 3.63) is 57.6 Å². The van der Waals surface area contributed by atoms with E-state index in [-0.39, 0.29) is 11.8 Å². The van der Waals surface area contributed by atoms with E-state index in [4.69, 9.17) is 27.9 Å². The number of nitrogens with one attached hydrogen (secondary N) is 2. The predicted octanol–water partition coefficient (Wildman–Crippen LogP) is 4.07. The van der Waals surface area contributed by atoms with E-state index < -0.39 is 6.04 Å². The number of carbonyl (C=O) groups excluding carboxylic acids is 2. The van der Waals surface area contributed by atoms with Gasteiger partial charge in [0.25, 0.3) is 5.91 Å². The van der Waals surface area contributed by atoms with E-state index in [1.807, 2.05) is 6.92 Å². The van der Waals surface area contributed by atoms with Gasteiger partial charge < -0.3 is 15.4 Å². The Bertz CT molecular complexity index is 792. The van der Waals surface area contributed by atoms with Crippen LogP contribution in [-0.2, 0) is 4.79 Å². The van der Waals surface area contributed by atoms with Crippen LogP contribution in [0.3, 0.4) is 0 Å². The average Bonchev–Trinajstić information content (AvgIpc) is 2.58. The number of methoxy groups -OCH3 is 1. The number of ether oxygens (including phenoxy) is 1. The van der Waals surface area contributed by atoms with Crippen molar-refractivity contribution < 1.29 is 14.3 Å². The second-order valence-electron chi connectivity index (χ2n) is 5.49. The van der Waals surface area contributed by atoms with Gasteiger partial charge in [0.2, 0.25) is 5.91 Å². The number of aryl methyl sites for hydroxylation is 1. The van der Waals surface area contributed by atoms with E-state index in [0.717, 1.165) is 5.56 Å². The lowest BCUT2D eigenvalue weighted by Crippen LogP contribution is -2.41. The normalized spacial score (nSPS) is 11.6. The maximum absolute atomic E-state index is 12.4. The van der Waals surface area contributed by atoms with E-state index in [1.54, 1.807) is 43.3 Å². The van der Waals surface area contributed by atoms with Crippen LogP contribution < -0.4 is 15.4 Å². The molecule has 2 N–H and O–H groups in total. The lowest BCUT2D eigenvalue weighted by Gasteiger charge is -2.16. The molecule has 1 unspecified atom stereocenters. The van der Waals surface area contributed by atoms with Crippen LogP contribution in [0.5, 0.6) is 5.75 Å². The summed E-state index contributed by atoms with van der Waals surface area (Å²) in [7, 11) is 1.49. The van der Waals surface area contributed by atoms with Crippen molar-refractivity contribution in [3.8, 4) is 5.75 Å². The number of rotatable bonds is 5. The summed E-state index contributed by atoms with van der Waals surface area (Å²) in [6.07, 6.45) is 0. The standard InChI is InChI=1S/C18H18Cl2N2O3/c1-10-8-15(16(25-3)9-14(10)20)22-17(23)11(2)21-18(24)12-4-6-13(19)7-5-12/h4-9,11H,1-3H3,(H,21,24)(H,22,23). The molecule has 2 amide bonds. The molecule has 0 aliphatic rings. The topological polar surface area (TPSA) is 67.4 Å². The Kier molecular flexibility index (Phi) is 6.28. The zero-order valence-corrected chi connectivity index (χ0v) is 15.5. The highest BCUT2D eigenvalue weighted by molar-refractivity contribution is 6.31. The first-order chi connectivity index (χ1) is 11.8. The average molecular weight is 381 g/mol. The van der Waals surface area contributed by atoms with Gasteiger partial charge in [0.1, 0.15) is 11.8 Å². The van der Waals surface area contributed by atoms with E-state index >= 15 is 0 Å². The Morgan fingerprint density at radius 3 is 2.36 bits per heavy atom. The Morgan fingerprint density at radius 1 is 1.12 bits per heavy atom. The molecule has 0 bridgehead atoms. The third kappa shape index (κ3) is 4.87. The maximum Gasteiger partial charge on any atom is 0.251 e. The Balaban J connectivity index is 2.06. The van der Waals surface area contributed by atoms with Gasteiger partial charge in [0.15, 0.2) is 0 Å². The number of benzene rings is 2. The number of halogens is 2. The van der Waals surface area contributed by atoms with Crippen molar-refractivity contribution in [1.82, 2.24) is 5.32 Å². The largest absolute Gasteiger partial charge is 0.495 e. The van der Waals surface area contributed by atoms with E-state index in [2.05, 4.69) is 10.6 Å². The predicted molar refractivity (Wildman–Crippen MR) is 99.8 cm³/mol. The lowest BCUT2D eigenvalue weighted by molar-refractivity contribution is -0.117. The first-order valence-electron chi connectivity index (χ1n) is 7.53. The third-order valence-electron chi connectivity index (χ3n) is 3.59. The fraction of sp³-hybridized carbons (Fsp3) is 0.222. The second kappa shape index (κ2) is 8.23. The van der Waals surface area contributed by atoms with Crippen molar-refractivity contribution in [1.29, 1.82) is 0 Å². The summed E-state index contributed by atoms with van der Waals surface area (Å²) < 4.78 is 5.22. The molecule has 0 aliphatic heterocycles. The Labute approximate surface area is 156 Å². The third-order valence-corrected chi connectivity index (χ3v) is 4.25. The van der Waals surface area contributed by atoms with Crippen LogP contribution in [0.2, 0.25) is 10.0 Å². The molecule has 0 spiro atoms. The minimum Gasteiger partial charge on any atom is -0.495 e. The monoisotopic (exact) mass is 380 g/mol. The van der Waals surface area contributed by atoms with E-state index in [9.17, 15) is 9.59 Å². The van der Waals surface area contributed by atoms with Crippen molar-refractivity contribution >= 4 is 40.7 Å². The lowest BCUT2D eigenvalue weighted by atomic mass is 10.1. The van der Waals surface area contributed by atoms with Crippen LogP contribution in [0.25, 0.3) is 0 Å². The van der Waals surface area contributed by atoms with Gasteiger partial charge in [-0.3, -0.25) is 9.59 Å². The molecule has 5 nitrogen and oxygen atoms in total. The zero-order valence-electron chi connectivity index (χ0n) is 14.0. The number of anilines is 1. The molecule has 7 heteroatoms. The van der Waals surface area contributed by atoms with Gasteiger partial charge in [-0.25, -0.2) is 0 Å². The van der Waals surface area contributed by atoms with Crippen molar-refractivity contribution in [3.63, 3.8) is 0 Å². The van der Waals surface area contributed by atoms with E-state index in [1.165, 1.54) is 7.11 Å². The summed E-state index contributed by atoms with van der Waals surface area (Å²) >= 11 is 11.9. The summed E-state index contributed by atoms with van der Waals surface area (Å²) in [5, 5.41) is 6.45. The number of carbonyl (C=O) groups is 2. The first kappa shape index (κ1) is 19.1. The van der Waals surface area contributed by atoms with Gasteiger partial charge in [-0.05, 0) is 49.7 Å². The molecule has 0 fully saturated rings. The minimum absolute atomic E-state index is 0.362. The SMILES string of the molecule is COc1cc(Cl)c(C)cc1NC(=O)C(C)NC(=O)c1ccc(Cl)cc1. The van der Waals surface area contributed by atoms with Gasteiger partial charge >= 0.3 is 0 Å². The maximum atomic E-state index is 12.4. The number of amides is 2. The molecule has 2 aromatic carbocycles. The Hall–Kier alpha value is -2.24. The molecule has 0 saturated heterocycles. The van der Waals surface area contributed by atoms with Gasteiger partial charge in [0, 0.05) is 21.7 Å². The number of hydrogen-bond donors (Lipinski definition) is 2. The quantitative estimate of drug-likeness (QED) is 0.821. The van der Waals surface area contributed by atoms with Gasteiger partial charge in [-0.2, -0.15) is 0 Å². The van der Waals surface area contributed by atoms with Crippen LogP contribution in [-0.4, -0.2) is 25.0 Å². The molecule has 2 aromatic rings. The fourth-order valence-corrected chi connectivity index (χ4v) is 2.40. The van der Waals surface area contributed by atoms with E-state index in [0.29, 0.717) is 27.0 Å². The molecule has 1 atom stereocenters. The molecule has 0 aromatic heterocycles. The molecule has 0 aliphatic carbocycles. The fourth-order valence-electron chi connectivity index (χ4n) is 2.12.